The van der Waals surface area contributed by atoms with Crippen LogP contribution in [0.25, 0.3) is 33.4 Å². The third-order valence-corrected chi connectivity index (χ3v) is 7.52. The lowest BCUT2D eigenvalue weighted by Gasteiger charge is -2.14. The van der Waals surface area contributed by atoms with Crippen molar-refractivity contribution in [1.29, 1.82) is 5.26 Å². The monoisotopic (exact) mass is 560 g/mol. The van der Waals surface area contributed by atoms with E-state index in [1.807, 2.05) is 30.3 Å². The van der Waals surface area contributed by atoms with Gasteiger partial charge in [-0.15, -0.1) is 0 Å². The Labute approximate surface area is 240 Å². The Bertz CT molecular complexity index is 1820. The summed E-state index contributed by atoms with van der Waals surface area (Å²) < 4.78 is 5.45. The van der Waals surface area contributed by atoms with Crippen molar-refractivity contribution >= 4 is 40.2 Å². The van der Waals surface area contributed by atoms with Crippen LogP contribution in [0.1, 0.15) is 22.8 Å². The standard InChI is InChI=1S/C32H24N4O4S/c1-19(41-31-21(18-33)13-16-27(36-31)24-8-4-6-10-29(24)40-2)30(37)34-22-14-11-20(12-15-22)28-17-25(32(38)39)23-7-3-5-9-26(23)35-28/h3-17,19H,1-2H3,(H,34,37)(H,38,39). The Morgan fingerprint density at radius 2 is 1.68 bits per heavy atom. The molecule has 0 fully saturated rings. The highest BCUT2D eigenvalue weighted by atomic mass is 32.2. The van der Waals surface area contributed by atoms with Gasteiger partial charge >= 0.3 is 5.97 Å². The van der Waals surface area contributed by atoms with E-state index in [1.165, 1.54) is 11.8 Å². The summed E-state index contributed by atoms with van der Waals surface area (Å²) in [6.07, 6.45) is 0. The first-order valence-corrected chi connectivity index (χ1v) is 13.5. The van der Waals surface area contributed by atoms with Crippen LogP contribution in [0.15, 0.2) is 96.0 Å². The molecule has 1 atom stereocenters. The third kappa shape index (κ3) is 5.88. The van der Waals surface area contributed by atoms with Crippen LogP contribution in [0.3, 0.4) is 0 Å². The maximum Gasteiger partial charge on any atom is 0.336 e. The van der Waals surface area contributed by atoms with Gasteiger partial charge in [0.25, 0.3) is 0 Å². The molecule has 0 bridgehead atoms. The zero-order chi connectivity index (χ0) is 28.9. The van der Waals surface area contributed by atoms with E-state index in [0.29, 0.717) is 44.3 Å². The highest BCUT2D eigenvalue weighted by Gasteiger charge is 2.19. The lowest BCUT2D eigenvalue weighted by atomic mass is 10.0. The highest BCUT2D eigenvalue weighted by molar-refractivity contribution is 8.00. The first kappa shape index (κ1) is 27.4. The van der Waals surface area contributed by atoms with Gasteiger partial charge in [0, 0.05) is 22.2 Å². The Kier molecular flexibility index (Phi) is 7.94. The van der Waals surface area contributed by atoms with Crippen molar-refractivity contribution in [3.63, 3.8) is 0 Å². The molecule has 2 aromatic heterocycles. The number of para-hydroxylation sites is 2. The van der Waals surface area contributed by atoms with Crippen molar-refractivity contribution in [1.82, 2.24) is 9.97 Å². The number of anilines is 1. The fraction of sp³-hybridized carbons (Fsp3) is 0.0938. The Morgan fingerprint density at radius 1 is 0.951 bits per heavy atom. The second-order valence-corrected chi connectivity index (χ2v) is 10.4. The minimum absolute atomic E-state index is 0.175. The molecule has 1 amide bonds. The number of carbonyl (C=O) groups excluding carboxylic acids is 1. The van der Waals surface area contributed by atoms with E-state index in [9.17, 15) is 20.0 Å². The average molecular weight is 561 g/mol. The van der Waals surface area contributed by atoms with Gasteiger partial charge in [-0.25, -0.2) is 14.8 Å². The fourth-order valence-electron chi connectivity index (χ4n) is 4.31. The highest BCUT2D eigenvalue weighted by Crippen LogP contribution is 2.33. The fourth-order valence-corrected chi connectivity index (χ4v) is 5.20. The summed E-state index contributed by atoms with van der Waals surface area (Å²) in [4.78, 5) is 34.2. The molecule has 0 aliphatic heterocycles. The molecule has 0 spiro atoms. The van der Waals surface area contributed by atoms with Crippen LogP contribution in [0.5, 0.6) is 5.75 Å². The number of amides is 1. The first-order chi connectivity index (χ1) is 19.9. The van der Waals surface area contributed by atoms with Crippen LogP contribution in [0.4, 0.5) is 5.69 Å². The Balaban J connectivity index is 1.33. The molecular formula is C32H24N4O4S. The summed E-state index contributed by atoms with van der Waals surface area (Å²) in [6.45, 7) is 1.75. The zero-order valence-corrected chi connectivity index (χ0v) is 23.0. The molecule has 5 aromatic rings. The van der Waals surface area contributed by atoms with E-state index in [2.05, 4.69) is 21.4 Å². The quantitative estimate of drug-likeness (QED) is 0.202. The molecule has 2 heterocycles. The lowest BCUT2D eigenvalue weighted by molar-refractivity contribution is -0.115. The summed E-state index contributed by atoms with van der Waals surface area (Å²) in [5.74, 6) is -0.621. The number of aromatic carboxylic acids is 1. The van der Waals surface area contributed by atoms with E-state index in [1.54, 1.807) is 74.7 Å². The smallest absolute Gasteiger partial charge is 0.336 e. The van der Waals surface area contributed by atoms with Crippen LogP contribution in [-0.4, -0.2) is 39.3 Å². The summed E-state index contributed by atoms with van der Waals surface area (Å²) in [7, 11) is 1.59. The van der Waals surface area contributed by atoms with Crippen LogP contribution < -0.4 is 10.1 Å². The second-order valence-electron chi connectivity index (χ2n) is 9.07. The van der Waals surface area contributed by atoms with Gasteiger partial charge < -0.3 is 15.2 Å². The van der Waals surface area contributed by atoms with E-state index in [0.717, 1.165) is 11.1 Å². The van der Waals surface area contributed by atoms with Crippen LogP contribution in [-0.2, 0) is 4.79 Å². The molecule has 2 N–H and O–H groups in total. The van der Waals surface area contributed by atoms with Gasteiger partial charge in [0.05, 0.1) is 40.4 Å². The molecule has 8 nitrogen and oxygen atoms in total. The molecule has 9 heteroatoms. The molecule has 5 rings (SSSR count). The van der Waals surface area contributed by atoms with Gasteiger partial charge in [0.15, 0.2) is 0 Å². The van der Waals surface area contributed by atoms with E-state index >= 15 is 0 Å². The number of nitrogens with one attached hydrogen (secondary N) is 1. The summed E-state index contributed by atoms with van der Waals surface area (Å²) in [5, 5.41) is 22.7. The van der Waals surface area contributed by atoms with Crippen molar-refractivity contribution in [2.75, 3.05) is 12.4 Å². The minimum atomic E-state index is -1.03. The summed E-state index contributed by atoms with van der Waals surface area (Å²) >= 11 is 1.20. The van der Waals surface area contributed by atoms with E-state index in [4.69, 9.17) is 4.74 Å². The number of carbonyl (C=O) groups is 2. The largest absolute Gasteiger partial charge is 0.496 e. The average Bonchev–Trinajstić information content (AvgIpc) is 3.00. The number of benzene rings is 3. The predicted molar refractivity (Wildman–Crippen MR) is 159 cm³/mol. The molecule has 0 radical (unpaired) electrons. The molecule has 0 saturated heterocycles. The number of hydrogen-bond donors (Lipinski definition) is 2. The molecular weight excluding hydrogens is 536 g/mol. The van der Waals surface area contributed by atoms with Gasteiger partial charge in [-0.2, -0.15) is 5.26 Å². The minimum Gasteiger partial charge on any atom is -0.496 e. The molecule has 3 aromatic carbocycles. The number of nitrogens with zero attached hydrogens (tertiary/aromatic N) is 3. The molecule has 0 saturated carbocycles. The number of ether oxygens (including phenoxy) is 1. The first-order valence-electron chi connectivity index (χ1n) is 12.6. The number of fused-ring (bicyclic) bond motifs is 1. The van der Waals surface area contributed by atoms with Crippen LogP contribution in [0, 0.1) is 11.3 Å². The van der Waals surface area contributed by atoms with Crippen molar-refractivity contribution in [3.05, 3.63) is 102 Å². The zero-order valence-electron chi connectivity index (χ0n) is 22.2. The number of carboxylic acid groups (broad SMARTS) is 1. The van der Waals surface area contributed by atoms with Crippen LogP contribution >= 0.6 is 11.8 Å². The molecule has 0 aliphatic rings. The van der Waals surface area contributed by atoms with Gasteiger partial charge in [0.1, 0.15) is 16.8 Å². The number of nitriles is 1. The Hall–Kier alpha value is -5.20. The molecule has 0 aliphatic carbocycles. The van der Waals surface area contributed by atoms with Crippen molar-refractivity contribution in [2.45, 2.75) is 17.2 Å². The maximum absolute atomic E-state index is 13.1. The van der Waals surface area contributed by atoms with Crippen molar-refractivity contribution in [3.8, 4) is 34.3 Å². The maximum atomic E-state index is 13.1. The summed E-state index contributed by atoms with van der Waals surface area (Å²) in [6, 6.07) is 28.8. The summed E-state index contributed by atoms with van der Waals surface area (Å²) in [5.41, 5.74) is 4.38. The van der Waals surface area contributed by atoms with Gasteiger partial charge in [-0.3, -0.25) is 4.79 Å². The number of rotatable bonds is 8. The van der Waals surface area contributed by atoms with Gasteiger partial charge in [-0.1, -0.05) is 54.2 Å². The second kappa shape index (κ2) is 11.9. The molecule has 202 valence electrons. The van der Waals surface area contributed by atoms with Gasteiger partial charge in [-0.05, 0) is 55.5 Å². The molecule has 1 unspecified atom stereocenters. The van der Waals surface area contributed by atoms with E-state index < -0.39 is 11.2 Å². The number of pyridine rings is 2. The van der Waals surface area contributed by atoms with Crippen molar-refractivity contribution < 1.29 is 19.4 Å². The lowest BCUT2D eigenvalue weighted by Crippen LogP contribution is -2.22. The predicted octanol–water partition coefficient (Wildman–Crippen LogP) is 6.66. The SMILES string of the molecule is COc1ccccc1-c1ccc(C#N)c(SC(C)C(=O)Nc2ccc(-c3cc(C(=O)O)c4ccccc4n3)cc2)n1. The van der Waals surface area contributed by atoms with Crippen LogP contribution in [0.2, 0.25) is 0 Å². The number of hydrogen-bond acceptors (Lipinski definition) is 7. The third-order valence-electron chi connectivity index (χ3n) is 6.42. The number of aromatic nitrogens is 2. The van der Waals surface area contributed by atoms with Crippen molar-refractivity contribution in [2.24, 2.45) is 0 Å². The normalized spacial score (nSPS) is 11.4. The number of thioether (sulfide) groups is 1. The number of methoxy groups -OCH3 is 1. The van der Waals surface area contributed by atoms with Gasteiger partial charge in [0.2, 0.25) is 5.91 Å². The molecule has 41 heavy (non-hydrogen) atoms. The van der Waals surface area contributed by atoms with E-state index in [-0.39, 0.29) is 11.5 Å². The topological polar surface area (TPSA) is 125 Å². The Morgan fingerprint density at radius 3 is 2.41 bits per heavy atom. The number of carboxylic acids is 1.